The number of benzene rings is 2. The summed E-state index contributed by atoms with van der Waals surface area (Å²) in [7, 11) is 0. The second-order valence-corrected chi connectivity index (χ2v) is 5.68. The molecule has 5 nitrogen and oxygen atoms in total. The van der Waals surface area contributed by atoms with E-state index in [0.717, 1.165) is 17.7 Å². The minimum absolute atomic E-state index is 0.0212. The van der Waals surface area contributed by atoms with Gasteiger partial charge < -0.3 is 10.6 Å². The molecule has 0 spiro atoms. The molecule has 0 aliphatic rings. The number of carbonyl (C=O) groups excluding carboxylic acids is 2. The number of carbonyl (C=O) groups is 2. The maximum atomic E-state index is 13.2. The maximum Gasteiger partial charge on any atom is 0.274 e. The van der Waals surface area contributed by atoms with Gasteiger partial charge in [-0.05, 0) is 29.8 Å². The molecule has 0 atom stereocenters. The summed E-state index contributed by atoms with van der Waals surface area (Å²) in [6, 6.07) is 15.2. The predicted molar refractivity (Wildman–Crippen MR) is 96.2 cm³/mol. The summed E-state index contributed by atoms with van der Waals surface area (Å²) < 4.78 is 26.2. The van der Waals surface area contributed by atoms with E-state index in [1.165, 1.54) is 24.4 Å². The zero-order valence-electron chi connectivity index (χ0n) is 14.1. The highest BCUT2D eigenvalue weighted by Gasteiger charge is 2.13. The monoisotopic (exact) mass is 367 g/mol. The summed E-state index contributed by atoms with van der Waals surface area (Å²) in [5.74, 6) is -3.08. The normalized spacial score (nSPS) is 10.3. The first-order valence-electron chi connectivity index (χ1n) is 8.07. The van der Waals surface area contributed by atoms with Crippen LogP contribution in [0, 0.1) is 11.6 Å². The highest BCUT2D eigenvalue weighted by atomic mass is 19.2. The van der Waals surface area contributed by atoms with E-state index in [2.05, 4.69) is 15.6 Å². The first-order valence-corrected chi connectivity index (χ1v) is 8.07. The predicted octanol–water partition coefficient (Wildman–Crippen LogP) is 3.54. The van der Waals surface area contributed by atoms with Gasteiger partial charge in [-0.1, -0.05) is 30.3 Å². The van der Waals surface area contributed by atoms with Crippen molar-refractivity contribution in [3.8, 4) is 0 Å². The highest BCUT2D eigenvalue weighted by molar-refractivity contribution is 6.04. The molecule has 1 aromatic heterocycles. The quantitative estimate of drug-likeness (QED) is 0.725. The SMILES string of the molecule is O=C(NCc1ccccc1)c1ccnc(C(=O)Nc2ccc(F)c(F)c2)c1. The maximum absolute atomic E-state index is 13.2. The Hall–Kier alpha value is -3.61. The van der Waals surface area contributed by atoms with Crippen LogP contribution in [0.25, 0.3) is 0 Å². The van der Waals surface area contributed by atoms with Crippen molar-refractivity contribution in [3.63, 3.8) is 0 Å². The van der Waals surface area contributed by atoms with Gasteiger partial charge in [0, 0.05) is 30.1 Å². The number of anilines is 1. The molecule has 0 aliphatic carbocycles. The summed E-state index contributed by atoms with van der Waals surface area (Å²) in [4.78, 5) is 28.4. The molecular weight excluding hydrogens is 352 g/mol. The van der Waals surface area contributed by atoms with Crippen molar-refractivity contribution in [1.82, 2.24) is 10.3 Å². The number of aromatic nitrogens is 1. The Balaban J connectivity index is 1.67. The molecule has 2 amide bonds. The van der Waals surface area contributed by atoms with Crippen molar-refractivity contribution in [2.75, 3.05) is 5.32 Å². The lowest BCUT2D eigenvalue weighted by atomic mass is 10.2. The lowest BCUT2D eigenvalue weighted by Crippen LogP contribution is -2.23. The molecule has 7 heteroatoms. The molecule has 0 unspecified atom stereocenters. The van der Waals surface area contributed by atoms with Gasteiger partial charge in [0.05, 0.1) is 0 Å². The van der Waals surface area contributed by atoms with E-state index in [1.54, 1.807) is 0 Å². The number of hydrogen-bond acceptors (Lipinski definition) is 3. The minimum atomic E-state index is -1.07. The van der Waals surface area contributed by atoms with E-state index < -0.39 is 17.5 Å². The Morgan fingerprint density at radius 2 is 1.67 bits per heavy atom. The summed E-state index contributed by atoms with van der Waals surface area (Å²) in [6.07, 6.45) is 1.33. The van der Waals surface area contributed by atoms with Gasteiger partial charge in [-0.25, -0.2) is 8.78 Å². The zero-order valence-corrected chi connectivity index (χ0v) is 14.1. The molecule has 2 N–H and O–H groups in total. The summed E-state index contributed by atoms with van der Waals surface area (Å²) >= 11 is 0. The molecular formula is C20H15F2N3O2. The van der Waals surface area contributed by atoms with Gasteiger partial charge in [0.1, 0.15) is 5.69 Å². The second kappa shape index (κ2) is 8.18. The van der Waals surface area contributed by atoms with Crippen molar-refractivity contribution in [3.05, 3.63) is 95.3 Å². The van der Waals surface area contributed by atoms with Gasteiger partial charge in [0.15, 0.2) is 11.6 Å². The first kappa shape index (κ1) is 18.2. The third-order valence-corrected chi connectivity index (χ3v) is 3.73. The minimum Gasteiger partial charge on any atom is -0.348 e. The van der Waals surface area contributed by atoms with E-state index in [0.29, 0.717) is 6.54 Å². The van der Waals surface area contributed by atoms with Crippen LogP contribution in [-0.2, 0) is 6.54 Å². The molecule has 136 valence electrons. The van der Waals surface area contributed by atoms with Crippen LogP contribution in [0.5, 0.6) is 0 Å². The smallest absolute Gasteiger partial charge is 0.274 e. The molecule has 0 bridgehead atoms. The summed E-state index contributed by atoms with van der Waals surface area (Å²) in [5.41, 5.74) is 1.26. The molecule has 3 rings (SSSR count). The van der Waals surface area contributed by atoms with Gasteiger partial charge in [-0.15, -0.1) is 0 Å². The van der Waals surface area contributed by atoms with E-state index in [9.17, 15) is 18.4 Å². The van der Waals surface area contributed by atoms with Gasteiger partial charge in [0.2, 0.25) is 0 Å². The number of hydrogen-bond donors (Lipinski definition) is 2. The van der Waals surface area contributed by atoms with Crippen LogP contribution in [0.15, 0.2) is 66.9 Å². The molecule has 3 aromatic rings. The molecule has 0 saturated carbocycles. The topological polar surface area (TPSA) is 71.1 Å². The summed E-state index contributed by atoms with van der Waals surface area (Å²) in [6.45, 7) is 0.346. The van der Waals surface area contributed by atoms with Crippen molar-refractivity contribution in [1.29, 1.82) is 0 Å². The van der Waals surface area contributed by atoms with Crippen LogP contribution in [0.2, 0.25) is 0 Å². The molecule has 0 fully saturated rings. The van der Waals surface area contributed by atoms with Crippen molar-refractivity contribution in [2.45, 2.75) is 6.54 Å². The molecule has 0 saturated heterocycles. The molecule has 2 aromatic carbocycles. The van der Waals surface area contributed by atoms with Crippen LogP contribution < -0.4 is 10.6 Å². The number of amides is 2. The van der Waals surface area contributed by atoms with E-state index in [-0.39, 0.29) is 22.9 Å². The largest absolute Gasteiger partial charge is 0.348 e. The lowest BCUT2D eigenvalue weighted by molar-refractivity contribution is 0.0951. The summed E-state index contributed by atoms with van der Waals surface area (Å²) in [5, 5.41) is 5.17. The van der Waals surface area contributed by atoms with Crippen LogP contribution in [0.1, 0.15) is 26.4 Å². The highest BCUT2D eigenvalue weighted by Crippen LogP contribution is 2.14. The average molecular weight is 367 g/mol. The van der Waals surface area contributed by atoms with Gasteiger partial charge in [0.25, 0.3) is 11.8 Å². The van der Waals surface area contributed by atoms with Gasteiger partial charge in [-0.3, -0.25) is 14.6 Å². The van der Waals surface area contributed by atoms with Crippen LogP contribution in [0.3, 0.4) is 0 Å². The average Bonchev–Trinajstić information content (AvgIpc) is 2.70. The Labute approximate surface area is 154 Å². The number of nitrogens with zero attached hydrogens (tertiary/aromatic N) is 1. The molecule has 27 heavy (non-hydrogen) atoms. The van der Waals surface area contributed by atoms with Crippen LogP contribution in [0.4, 0.5) is 14.5 Å². The van der Waals surface area contributed by atoms with E-state index >= 15 is 0 Å². The zero-order chi connectivity index (χ0) is 19.2. The Morgan fingerprint density at radius 3 is 2.41 bits per heavy atom. The van der Waals surface area contributed by atoms with Crippen molar-refractivity contribution < 1.29 is 18.4 Å². The van der Waals surface area contributed by atoms with Crippen molar-refractivity contribution in [2.24, 2.45) is 0 Å². The Morgan fingerprint density at radius 1 is 0.889 bits per heavy atom. The first-order chi connectivity index (χ1) is 13.0. The third-order valence-electron chi connectivity index (χ3n) is 3.73. The number of nitrogens with one attached hydrogen (secondary N) is 2. The number of halogens is 2. The van der Waals surface area contributed by atoms with Crippen LogP contribution in [-0.4, -0.2) is 16.8 Å². The Bertz CT molecular complexity index is 978. The fraction of sp³-hybridized carbons (Fsp3) is 0.0500. The second-order valence-electron chi connectivity index (χ2n) is 5.68. The van der Waals surface area contributed by atoms with Crippen LogP contribution >= 0.6 is 0 Å². The van der Waals surface area contributed by atoms with Crippen molar-refractivity contribution >= 4 is 17.5 Å². The number of rotatable bonds is 5. The third kappa shape index (κ3) is 4.72. The number of pyridine rings is 1. The van der Waals surface area contributed by atoms with Gasteiger partial charge in [-0.2, -0.15) is 0 Å². The molecule has 1 heterocycles. The molecule has 0 aliphatic heterocycles. The van der Waals surface area contributed by atoms with Gasteiger partial charge >= 0.3 is 0 Å². The van der Waals surface area contributed by atoms with E-state index in [1.807, 2.05) is 30.3 Å². The Kier molecular flexibility index (Phi) is 5.51. The van der Waals surface area contributed by atoms with E-state index in [4.69, 9.17) is 0 Å². The standard InChI is InChI=1S/C20H15F2N3O2/c21-16-7-6-15(11-17(16)22)25-20(27)18-10-14(8-9-23-18)19(26)24-12-13-4-2-1-3-5-13/h1-11H,12H2,(H,24,26)(H,25,27). The fourth-order valence-corrected chi connectivity index (χ4v) is 2.35. The lowest BCUT2D eigenvalue weighted by Gasteiger charge is -2.08. The fourth-order valence-electron chi connectivity index (χ4n) is 2.35. The molecule has 0 radical (unpaired) electrons.